The Balaban J connectivity index is 1.60. The van der Waals surface area contributed by atoms with Crippen LogP contribution in [0.15, 0.2) is 71.9 Å². The Morgan fingerprint density at radius 2 is 1.62 bits per heavy atom. The quantitative estimate of drug-likeness (QED) is 0.419. The first kappa shape index (κ1) is 19.2. The summed E-state index contributed by atoms with van der Waals surface area (Å²) in [6.45, 7) is 2.04. The highest BCUT2D eigenvalue weighted by Crippen LogP contribution is 2.31. The Kier molecular flexibility index (Phi) is 5.34. The summed E-state index contributed by atoms with van der Waals surface area (Å²) in [7, 11) is 0. The van der Waals surface area contributed by atoms with Crippen LogP contribution in [0.4, 0.5) is 5.69 Å². The van der Waals surface area contributed by atoms with Gasteiger partial charge in [0.05, 0.1) is 21.9 Å². The Bertz CT molecular complexity index is 1150. The number of rotatable bonds is 4. The topological polar surface area (TPSA) is 68.0 Å². The predicted molar refractivity (Wildman–Crippen MR) is 114 cm³/mol. The standard InChI is InChI=1S/C22H15Cl2N3O2/c1-13-2-3-16(20-11-26-12-29-20)8-17(13)14-4-6-15(7-5-14)22(28)27-21-18(23)9-25-10-19(21)24/h2-12H,1H3,(H,25,27,28). The van der Waals surface area contributed by atoms with E-state index in [-0.39, 0.29) is 16.0 Å². The van der Waals surface area contributed by atoms with Crippen LogP contribution in [0, 0.1) is 6.92 Å². The third-order valence-electron chi connectivity index (χ3n) is 4.50. The first-order valence-corrected chi connectivity index (χ1v) is 9.49. The molecule has 1 amide bonds. The van der Waals surface area contributed by atoms with Crippen molar-refractivity contribution in [3.05, 3.63) is 88.6 Å². The number of nitrogens with zero attached hydrogens (tertiary/aromatic N) is 2. The second-order valence-corrected chi connectivity index (χ2v) is 7.22. The SMILES string of the molecule is Cc1ccc(-c2cnco2)cc1-c1ccc(C(=O)Nc2c(Cl)cncc2Cl)cc1. The van der Waals surface area contributed by atoms with Crippen LogP contribution in [0.1, 0.15) is 15.9 Å². The molecule has 2 heterocycles. The van der Waals surface area contributed by atoms with E-state index in [9.17, 15) is 4.79 Å². The number of hydrogen-bond acceptors (Lipinski definition) is 4. The number of carbonyl (C=O) groups excluding carboxylic acids is 1. The molecule has 7 heteroatoms. The Labute approximate surface area is 177 Å². The Hall–Kier alpha value is -3.15. The number of carbonyl (C=O) groups is 1. The maximum absolute atomic E-state index is 12.6. The molecule has 4 aromatic rings. The summed E-state index contributed by atoms with van der Waals surface area (Å²) < 4.78 is 5.39. The number of pyridine rings is 1. The van der Waals surface area contributed by atoms with Crippen LogP contribution < -0.4 is 5.32 Å². The summed E-state index contributed by atoms with van der Waals surface area (Å²) in [5.74, 6) is 0.395. The molecule has 2 aromatic carbocycles. The second-order valence-electron chi connectivity index (χ2n) is 6.41. The second kappa shape index (κ2) is 8.07. The van der Waals surface area contributed by atoms with E-state index in [1.807, 2.05) is 37.3 Å². The molecular formula is C22H15Cl2N3O2. The van der Waals surface area contributed by atoms with Gasteiger partial charge in [-0.05, 0) is 41.8 Å². The van der Waals surface area contributed by atoms with Crippen LogP contribution in [0.2, 0.25) is 10.0 Å². The number of amides is 1. The molecule has 2 aromatic heterocycles. The van der Waals surface area contributed by atoms with Crippen molar-refractivity contribution >= 4 is 34.8 Å². The highest BCUT2D eigenvalue weighted by molar-refractivity contribution is 6.39. The van der Waals surface area contributed by atoms with E-state index in [4.69, 9.17) is 27.6 Å². The zero-order valence-corrected chi connectivity index (χ0v) is 16.8. The molecule has 0 aliphatic rings. The molecule has 144 valence electrons. The zero-order chi connectivity index (χ0) is 20.4. The van der Waals surface area contributed by atoms with E-state index in [0.29, 0.717) is 17.0 Å². The minimum absolute atomic E-state index is 0.280. The molecule has 0 spiro atoms. The molecule has 0 atom stereocenters. The van der Waals surface area contributed by atoms with Gasteiger partial charge >= 0.3 is 0 Å². The summed E-state index contributed by atoms with van der Waals surface area (Å²) >= 11 is 12.1. The first-order valence-electron chi connectivity index (χ1n) is 8.73. The minimum atomic E-state index is -0.307. The molecule has 4 rings (SSSR count). The number of oxazole rings is 1. The molecular weight excluding hydrogens is 409 g/mol. The molecule has 0 bridgehead atoms. The molecule has 0 unspecified atom stereocenters. The maximum atomic E-state index is 12.6. The van der Waals surface area contributed by atoms with E-state index in [1.54, 1.807) is 18.3 Å². The first-order chi connectivity index (χ1) is 14.0. The zero-order valence-electron chi connectivity index (χ0n) is 15.3. The number of hydrogen-bond donors (Lipinski definition) is 1. The van der Waals surface area contributed by atoms with Crippen molar-refractivity contribution in [2.45, 2.75) is 6.92 Å². The third kappa shape index (κ3) is 4.01. The van der Waals surface area contributed by atoms with Crippen molar-refractivity contribution < 1.29 is 9.21 Å². The van der Waals surface area contributed by atoms with E-state index < -0.39 is 0 Å². The lowest BCUT2D eigenvalue weighted by atomic mass is 9.96. The number of anilines is 1. The summed E-state index contributed by atoms with van der Waals surface area (Å²) in [6.07, 6.45) is 5.94. The fourth-order valence-electron chi connectivity index (χ4n) is 2.96. The normalized spacial score (nSPS) is 10.7. The van der Waals surface area contributed by atoms with Crippen LogP contribution in [0.3, 0.4) is 0 Å². The summed E-state index contributed by atoms with van der Waals surface area (Å²) in [5.41, 5.74) is 4.91. The summed E-state index contributed by atoms with van der Waals surface area (Å²) in [4.78, 5) is 20.4. The van der Waals surface area contributed by atoms with Crippen LogP contribution in [0.25, 0.3) is 22.5 Å². The van der Waals surface area contributed by atoms with Crippen LogP contribution in [-0.2, 0) is 0 Å². The van der Waals surface area contributed by atoms with Crippen molar-refractivity contribution in [1.29, 1.82) is 0 Å². The summed E-state index contributed by atoms with van der Waals surface area (Å²) in [5, 5.41) is 3.29. The lowest BCUT2D eigenvalue weighted by Gasteiger charge is -2.11. The average Bonchev–Trinajstić information content (AvgIpc) is 3.26. The molecule has 0 fully saturated rings. The molecule has 0 aliphatic carbocycles. The van der Waals surface area contributed by atoms with Gasteiger partial charge in [0.25, 0.3) is 5.91 Å². The molecule has 5 nitrogen and oxygen atoms in total. The van der Waals surface area contributed by atoms with Gasteiger partial charge in [-0.2, -0.15) is 0 Å². The van der Waals surface area contributed by atoms with Gasteiger partial charge < -0.3 is 9.73 Å². The highest BCUT2D eigenvalue weighted by atomic mass is 35.5. The van der Waals surface area contributed by atoms with Gasteiger partial charge in [-0.15, -0.1) is 0 Å². The highest BCUT2D eigenvalue weighted by Gasteiger charge is 2.13. The molecule has 0 radical (unpaired) electrons. The Morgan fingerprint density at radius 3 is 2.28 bits per heavy atom. The average molecular weight is 424 g/mol. The molecule has 0 saturated heterocycles. The lowest BCUT2D eigenvalue weighted by Crippen LogP contribution is -2.12. The van der Waals surface area contributed by atoms with Gasteiger partial charge in [0.1, 0.15) is 0 Å². The number of benzene rings is 2. The molecule has 29 heavy (non-hydrogen) atoms. The van der Waals surface area contributed by atoms with Gasteiger partial charge in [0.2, 0.25) is 0 Å². The predicted octanol–water partition coefficient (Wildman–Crippen LogP) is 6.27. The van der Waals surface area contributed by atoms with E-state index in [2.05, 4.69) is 15.3 Å². The van der Waals surface area contributed by atoms with Gasteiger partial charge in [-0.25, -0.2) is 4.98 Å². The van der Waals surface area contributed by atoms with Crippen molar-refractivity contribution in [2.24, 2.45) is 0 Å². The van der Waals surface area contributed by atoms with Crippen LogP contribution >= 0.6 is 23.2 Å². The monoisotopic (exact) mass is 423 g/mol. The van der Waals surface area contributed by atoms with E-state index in [0.717, 1.165) is 22.3 Å². The number of aryl methyl sites for hydroxylation is 1. The lowest BCUT2D eigenvalue weighted by molar-refractivity contribution is 0.102. The fourth-order valence-corrected chi connectivity index (χ4v) is 3.42. The number of halogens is 2. The smallest absolute Gasteiger partial charge is 0.255 e. The molecule has 0 aliphatic heterocycles. The van der Waals surface area contributed by atoms with Gasteiger partial charge in [0.15, 0.2) is 12.2 Å². The largest absolute Gasteiger partial charge is 0.444 e. The fraction of sp³-hybridized carbons (Fsp3) is 0.0455. The number of nitrogens with one attached hydrogen (secondary N) is 1. The molecule has 0 saturated carbocycles. The van der Waals surface area contributed by atoms with Crippen molar-refractivity contribution in [2.75, 3.05) is 5.32 Å². The molecule has 1 N–H and O–H groups in total. The Morgan fingerprint density at radius 1 is 0.931 bits per heavy atom. The van der Waals surface area contributed by atoms with Gasteiger partial charge in [-0.1, -0.05) is 47.5 Å². The minimum Gasteiger partial charge on any atom is -0.444 e. The van der Waals surface area contributed by atoms with Crippen LogP contribution in [0.5, 0.6) is 0 Å². The number of aromatic nitrogens is 2. The third-order valence-corrected chi connectivity index (χ3v) is 5.08. The summed E-state index contributed by atoms with van der Waals surface area (Å²) in [6, 6.07) is 13.4. The van der Waals surface area contributed by atoms with Crippen molar-refractivity contribution in [3.63, 3.8) is 0 Å². The van der Waals surface area contributed by atoms with Gasteiger partial charge in [-0.3, -0.25) is 9.78 Å². The van der Waals surface area contributed by atoms with E-state index >= 15 is 0 Å². The van der Waals surface area contributed by atoms with Crippen molar-refractivity contribution in [1.82, 2.24) is 9.97 Å². The van der Waals surface area contributed by atoms with E-state index in [1.165, 1.54) is 18.8 Å². The van der Waals surface area contributed by atoms with Gasteiger partial charge in [0, 0.05) is 23.5 Å². The van der Waals surface area contributed by atoms with Crippen LogP contribution in [-0.4, -0.2) is 15.9 Å². The van der Waals surface area contributed by atoms with Crippen molar-refractivity contribution in [3.8, 4) is 22.5 Å². The maximum Gasteiger partial charge on any atom is 0.255 e.